The molecule has 0 bridgehead atoms. The number of aromatic nitrogens is 1. The number of aliphatic hydroxyl groups is 1. The van der Waals surface area contributed by atoms with Crippen molar-refractivity contribution in [1.82, 2.24) is 4.98 Å². The molecule has 0 saturated carbocycles. The summed E-state index contributed by atoms with van der Waals surface area (Å²) in [4.78, 5) is 4.75. The molecule has 0 saturated heterocycles. The van der Waals surface area contributed by atoms with E-state index in [1.165, 1.54) is 0 Å². The average Bonchev–Trinajstić information content (AvgIpc) is 2.48. The van der Waals surface area contributed by atoms with Gasteiger partial charge in [0.05, 0.1) is 11.2 Å². The molecule has 3 aromatic rings. The molecule has 0 fully saturated rings. The fourth-order valence-corrected chi connectivity index (χ4v) is 2.32. The molecule has 2 heteroatoms. The van der Waals surface area contributed by atoms with Gasteiger partial charge in [0.1, 0.15) is 0 Å². The minimum Gasteiger partial charge on any atom is -0.396 e. The van der Waals surface area contributed by atoms with E-state index < -0.39 is 0 Å². The van der Waals surface area contributed by atoms with Crippen molar-refractivity contribution < 1.29 is 5.11 Å². The van der Waals surface area contributed by atoms with Crippen LogP contribution in [-0.4, -0.2) is 16.7 Å². The highest BCUT2D eigenvalue weighted by Gasteiger charge is 2.08. The molecule has 0 aliphatic heterocycles. The average molecular weight is 249 g/mol. The van der Waals surface area contributed by atoms with Gasteiger partial charge in [0, 0.05) is 17.6 Å². The second-order valence-corrected chi connectivity index (χ2v) is 4.53. The van der Waals surface area contributed by atoms with Crippen LogP contribution in [0.1, 0.15) is 5.56 Å². The Labute approximate surface area is 112 Å². The lowest BCUT2D eigenvalue weighted by Gasteiger charge is -2.10. The molecule has 0 aliphatic carbocycles. The lowest BCUT2D eigenvalue weighted by Crippen LogP contribution is -1.97. The van der Waals surface area contributed by atoms with Crippen LogP contribution in [0, 0.1) is 0 Å². The fourth-order valence-electron chi connectivity index (χ4n) is 2.32. The number of fused-ring (bicyclic) bond motifs is 1. The first kappa shape index (κ1) is 11.9. The summed E-state index contributed by atoms with van der Waals surface area (Å²) in [5, 5.41) is 10.4. The zero-order valence-electron chi connectivity index (χ0n) is 10.6. The maximum Gasteiger partial charge on any atom is 0.0742 e. The van der Waals surface area contributed by atoms with Gasteiger partial charge >= 0.3 is 0 Å². The third-order valence-electron chi connectivity index (χ3n) is 3.23. The van der Waals surface area contributed by atoms with E-state index in [0.717, 1.165) is 27.7 Å². The molecular weight excluding hydrogens is 234 g/mol. The minimum atomic E-state index is 0.139. The van der Waals surface area contributed by atoms with Crippen molar-refractivity contribution >= 4 is 10.9 Å². The predicted molar refractivity (Wildman–Crippen MR) is 78.0 cm³/mol. The highest BCUT2D eigenvalue weighted by molar-refractivity contribution is 5.83. The molecule has 0 amide bonds. The first-order valence-electron chi connectivity index (χ1n) is 6.43. The summed E-state index contributed by atoms with van der Waals surface area (Å²) < 4.78 is 0. The molecule has 19 heavy (non-hydrogen) atoms. The van der Waals surface area contributed by atoms with E-state index in [0.29, 0.717) is 6.42 Å². The topological polar surface area (TPSA) is 33.1 Å². The molecule has 0 unspecified atom stereocenters. The van der Waals surface area contributed by atoms with Crippen molar-refractivity contribution in [1.29, 1.82) is 0 Å². The zero-order chi connectivity index (χ0) is 13.1. The molecule has 2 nitrogen and oxygen atoms in total. The number of benzene rings is 2. The molecule has 0 spiro atoms. The summed E-state index contributed by atoms with van der Waals surface area (Å²) in [6.45, 7) is 0.139. The monoisotopic (exact) mass is 249 g/mol. The molecule has 0 atom stereocenters. The third kappa shape index (κ3) is 2.35. The summed E-state index contributed by atoms with van der Waals surface area (Å²) in [6, 6.07) is 20.3. The van der Waals surface area contributed by atoms with Crippen molar-refractivity contribution in [3.05, 3.63) is 66.2 Å². The molecule has 1 aromatic heterocycles. The van der Waals surface area contributed by atoms with Crippen molar-refractivity contribution in [3.63, 3.8) is 0 Å². The molecule has 3 rings (SSSR count). The summed E-state index contributed by atoms with van der Waals surface area (Å²) in [6.07, 6.45) is 0.627. The molecule has 0 radical (unpaired) electrons. The molecule has 1 N–H and O–H groups in total. The van der Waals surface area contributed by atoms with Gasteiger partial charge in [-0.15, -0.1) is 0 Å². The van der Waals surface area contributed by atoms with Crippen molar-refractivity contribution in [2.24, 2.45) is 0 Å². The summed E-state index contributed by atoms with van der Waals surface area (Å²) in [5.41, 5.74) is 4.14. The Morgan fingerprint density at radius 2 is 1.63 bits per heavy atom. The van der Waals surface area contributed by atoms with Crippen molar-refractivity contribution in [2.45, 2.75) is 6.42 Å². The highest BCUT2D eigenvalue weighted by atomic mass is 16.2. The quantitative estimate of drug-likeness (QED) is 0.771. The van der Waals surface area contributed by atoms with Gasteiger partial charge in [-0.05, 0) is 24.1 Å². The van der Waals surface area contributed by atoms with E-state index in [1.807, 2.05) is 36.4 Å². The smallest absolute Gasteiger partial charge is 0.0742 e. The van der Waals surface area contributed by atoms with E-state index in [2.05, 4.69) is 24.3 Å². The van der Waals surface area contributed by atoms with Crippen LogP contribution in [0.2, 0.25) is 0 Å². The van der Waals surface area contributed by atoms with Gasteiger partial charge in [-0.3, -0.25) is 0 Å². The normalized spacial score (nSPS) is 10.8. The van der Waals surface area contributed by atoms with Crippen LogP contribution in [0.15, 0.2) is 60.7 Å². The van der Waals surface area contributed by atoms with Crippen LogP contribution in [0.5, 0.6) is 0 Å². The summed E-state index contributed by atoms with van der Waals surface area (Å²) in [7, 11) is 0. The van der Waals surface area contributed by atoms with Crippen LogP contribution in [0.25, 0.3) is 22.2 Å². The zero-order valence-corrected chi connectivity index (χ0v) is 10.6. The van der Waals surface area contributed by atoms with Crippen LogP contribution in [0.4, 0.5) is 0 Å². The van der Waals surface area contributed by atoms with Crippen LogP contribution >= 0.6 is 0 Å². The van der Waals surface area contributed by atoms with Gasteiger partial charge in [0.15, 0.2) is 0 Å². The molecule has 94 valence electrons. The number of hydrogen-bond acceptors (Lipinski definition) is 2. The number of aliphatic hydroxyl groups excluding tert-OH is 1. The Morgan fingerprint density at radius 1 is 0.895 bits per heavy atom. The lowest BCUT2D eigenvalue weighted by molar-refractivity contribution is 0.299. The number of hydrogen-bond donors (Lipinski definition) is 1. The number of nitrogens with zero attached hydrogens (tertiary/aromatic N) is 1. The second kappa shape index (κ2) is 5.21. The van der Waals surface area contributed by atoms with Gasteiger partial charge in [-0.2, -0.15) is 0 Å². The van der Waals surface area contributed by atoms with E-state index in [1.54, 1.807) is 0 Å². The van der Waals surface area contributed by atoms with Gasteiger partial charge < -0.3 is 5.11 Å². The molecule has 1 heterocycles. The number of pyridine rings is 1. The largest absolute Gasteiger partial charge is 0.396 e. The minimum absolute atomic E-state index is 0.139. The van der Waals surface area contributed by atoms with Crippen molar-refractivity contribution in [2.75, 3.05) is 6.61 Å². The highest BCUT2D eigenvalue weighted by Crippen LogP contribution is 2.25. The Bertz CT molecular complexity index is 692. The van der Waals surface area contributed by atoms with Gasteiger partial charge in [0.25, 0.3) is 0 Å². The van der Waals surface area contributed by atoms with Crippen molar-refractivity contribution in [3.8, 4) is 11.3 Å². The van der Waals surface area contributed by atoms with E-state index in [4.69, 9.17) is 4.98 Å². The second-order valence-electron chi connectivity index (χ2n) is 4.53. The third-order valence-corrected chi connectivity index (χ3v) is 3.23. The standard InChI is InChI=1S/C17H15NO/c19-11-10-15-12-14-8-4-5-9-16(14)18-17(15)13-6-2-1-3-7-13/h1-9,12,19H,10-11H2. The van der Waals surface area contributed by atoms with Crippen LogP contribution in [0.3, 0.4) is 0 Å². The van der Waals surface area contributed by atoms with E-state index in [9.17, 15) is 5.11 Å². The first-order chi connectivity index (χ1) is 9.38. The van der Waals surface area contributed by atoms with Crippen LogP contribution < -0.4 is 0 Å². The van der Waals surface area contributed by atoms with Crippen LogP contribution in [-0.2, 0) is 6.42 Å². The lowest BCUT2D eigenvalue weighted by atomic mass is 10.0. The SMILES string of the molecule is OCCc1cc2ccccc2nc1-c1ccccc1. The Balaban J connectivity index is 2.23. The summed E-state index contributed by atoms with van der Waals surface area (Å²) in [5.74, 6) is 0. The van der Waals surface area contributed by atoms with Gasteiger partial charge in [-0.25, -0.2) is 4.98 Å². The number of rotatable bonds is 3. The Kier molecular flexibility index (Phi) is 3.25. The maximum absolute atomic E-state index is 9.24. The maximum atomic E-state index is 9.24. The molecular formula is C17H15NO. The Hall–Kier alpha value is -2.19. The Morgan fingerprint density at radius 3 is 2.42 bits per heavy atom. The molecule has 0 aliphatic rings. The fraction of sp³-hybridized carbons (Fsp3) is 0.118. The van der Waals surface area contributed by atoms with Gasteiger partial charge in [0.2, 0.25) is 0 Å². The van der Waals surface area contributed by atoms with Gasteiger partial charge in [-0.1, -0.05) is 48.5 Å². The predicted octanol–water partition coefficient (Wildman–Crippen LogP) is 3.44. The number of para-hydroxylation sites is 1. The summed E-state index contributed by atoms with van der Waals surface area (Å²) >= 11 is 0. The first-order valence-corrected chi connectivity index (χ1v) is 6.43. The van der Waals surface area contributed by atoms with E-state index in [-0.39, 0.29) is 6.61 Å². The van der Waals surface area contributed by atoms with E-state index >= 15 is 0 Å². The molecule has 2 aromatic carbocycles.